The Morgan fingerprint density at radius 2 is 1.74 bits per heavy atom. The maximum absolute atomic E-state index is 13.3. The van der Waals surface area contributed by atoms with Gasteiger partial charge in [0.05, 0.1) is 10.9 Å². The smallest absolute Gasteiger partial charge is 0.251 e. The first-order chi connectivity index (χ1) is 16.4. The molecular formula is C26H31N3O4S. The predicted octanol–water partition coefficient (Wildman–Crippen LogP) is 3.34. The van der Waals surface area contributed by atoms with Crippen LogP contribution in [-0.4, -0.2) is 43.7 Å². The second kappa shape index (κ2) is 10.5. The quantitative estimate of drug-likeness (QED) is 0.619. The van der Waals surface area contributed by atoms with Gasteiger partial charge >= 0.3 is 0 Å². The van der Waals surface area contributed by atoms with Gasteiger partial charge in [-0.3, -0.25) is 9.59 Å². The van der Waals surface area contributed by atoms with Gasteiger partial charge in [-0.15, -0.1) is 0 Å². The molecule has 8 heteroatoms. The molecule has 1 saturated heterocycles. The number of hydrogen-bond donors (Lipinski definition) is 2. The van der Waals surface area contributed by atoms with Crippen LogP contribution in [0.1, 0.15) is 59.6 Å². The molecule has 2 atom stereocenters. The molecule has 0 radical (unpaired) electrons. The van der Waals surface area contributed by atoms with E-state index in [1.54, 1.807) is 12.1 Å². The van der Waals surface area contributed by atoms with Gasteiger partial charge in [-0.05, 0) is 73.6 Å². The number of nitrogens with one attached hydrogen (secondary N) is 2. The average Bonchev–Trinajstić information content (AvgIpc) is 3.10. The number of rotatable bonds is 6. The predicted molar refractivity (Wildman–Crippen MR) is 131 cm³/mol. The number of benzene rings is 2. The van der Waals surface area contributed by atoms with Gasteiger partial charge < -0.3 is 10.6 Å². The molecule has 1 aliphatic carbocycles. The molecule has 1 heterocycles. The molecule has 180 valence electrons. The molecular weight excluding hydrogens is 450 g/mol. The number of fused-ring (bicyclic) bond motifs is 1. The largest absolute Gasteiger partial charge is 0.349 e. The van der Waals surface area contributed by atoms with E-state index in [-0.39, 0.29) is 35.3 Å². The second-order valence-corrected chi connectivity index (χ2v) is 10.8. The monoisotopic (exact) mass is 481 g/mol. The van der Waals surface area contributed by atoms with E-state index in [2.05, 4.69) is 29.3 Å². The Kier molecular flexibility index (Phi) is 7.48. The first-order valence-electron chi connectivity index (χ1n) is 11.8. The van der Waals surface area contributed by atoms with Crippen molar-refractivity contribution in [3.05, 3.63) is 77.9 Å². The summed E-state index contributed by atoms with van der Waals surface area (Å²) in [4.78, 5) is 24.7. The summed E-state index contributed by atoms with van der Waals surface area (Å²) in [7, 11) is -3.75. The Balaban J connectivity index is 1.45. The minimum absolute atomic E-state index is 0.0410. The number of sulfonamides is 1. The normalized spacial score (nSPS) is 21.1. The minimum atomic E-state index is -3.75. The zero-order valence-corrected chi connectivity index (χ0v) is 20.0. The lowest BCUT2D eigenvalue weighted by Gasteiger charge is -2.26. The van der Waals surface area contributed by atoms with Gasteiger partial charge in [-0.1, -0.05) is 37.3 Å². The third kappa shape index (κ3) is 5.39. The van der Waals surface area contributed by atoms with Crippen molar-refractivity contribution in [2.24, 2.45) is 0 Å². The van der Waals surface area contributed by atoms with Crippen LogP contribution in [0.3, 0.4) is 0 Å². The number of nitrogens with zero attached hydrogens (tertiary/aromatic N) is 1. The molecule has 0 bridgehead atoms. The van der Waals surface area contributed by atoms with Crippen molar-refractivity contribution in [2.45, 2.75) is 55.5 Å². The van der Waals surface area contributed by atoms with Crippen molar-refractivity contribution >= 4 is 21.8 Å². The van der Waals surface area contributed by atoms with Crippen molar-refractivity contribution in [3.8, 4) is 0 Å². The fourth-order valence-corrected chi connectivity index (χ4v) is 6.30. The molecule has 2 aromatic rings. The van der Waals surface area contributed by atoms with Crippen LogP contribution in [0.5, 0.6) is 0 Å². The fourth-order valence-electron chi connectivity index (χ4n) is 4.78. The van der Waals surface area contributed by atoms with Gasteiger partial charge in [-0.25, -0.2) is 8.42 Å². The zero-order valence-electron chi connectivity index (χ0n) is 19.2. The standard InChI is InChI=1S/C26H31N3O4S/c1-2-25(30)27-21-10-5-6-17-29(18-21)34(32,33)22-15-13-20(14-16-22)26(31)28-24-12-7-9-19-8-3-4-11-23(19)24/h2-4,8,11,13-16,21,24H,1,5-7,9-10,12,17-18H2,(H,27,30)(H,28,31). The molecule has 2 unspecified atom stereocenters. The maximum Gasteiger partial charge on any atom is 0.251 e. The highest BCUT2D eigenvalue weighted by Gasteiger charge is 2.30. The van der Waals surface area contributed by atoms with E-state index < -0.39 is 10.0 Å². The molecule has 0 aromatic heterocycles. The highest BCUT2D eigenvalue weighted by molar-refractivity contribution is 7.89. The van der Waals surface area contributed by atoms with Gasteiger partial charge in [0.15, 0.2) is 0 Å². The van der Waals surface area contributed by atoms with Crippen molar-refractivity contribution < 1.29 is 18.0 Å². The molecule has 1 fully saturated rings. The molecule has 34 heavy (non-hydrogen) atoms. The van der Waals surface area contributed by atoms with Crippen molar-refractivity contribution in [1.29, 1.82) is 0 Å². The van der Waals surface area contributed by atoms with Gasteiger partial charge in [-0.2, -0.15) is 4.31 Å². The average molecular weight is 482 g/mol. The van der Waals surface area contributed by atoms with Crippen LogP contribution in [-0.2, 0) is 21.2 Å². The molecule has 4 rings (SSSR count). The van der Waals surface area contributed by atoms with E-state index in [1.165, 1.54) is 28.1 Å². The van der Waals surface area contributed by atoms with Crippen LogP contribution in [0.2, 0.25) is 0 Å². The lowest BCUT2D eigenvalue weighted by Crippen LogP contribution is -2.44. The van der Waals surface area contributed by atoms with Crippen molar-refractivity contribution in [1.82, 2.24) is 14.9 Å². The topological polar surface area (TPSA) is 95.6 Å². The lowest BCUT2D eigenvalue weighted by atomic mass is 9.87. The summed E-state index contributed by atoms with van der Waals surface area (Å²) in [6.07, 6.45) is 6.38. The summed E-state index contributed by atoms with van der Waals surface area (Å²) in [5.41, 5.74) is 2.84. The number of aryl methyl sites for hydroxylation is 1. The third-order valence-electron chi connectivity index (χ3n) is 6.59. The van der Waals surface area contributed by atoms with Gasteiger partial charge in [0.2, 0.25) is 15.9 Å². The lowest BCUT2D eigenvalue weighted by molar-refractivity contribution is -0.117. The van der Waals surface area contributed by atoms with Gasteiger partial charge in [0.25, 0.3) is 5.91 Å². The molecule has 2 amide bonds. The van der Waals surface area contributed by atoms with E-state index in [0.29, 0.717) is 12.1 Å². The van der Waals surface area contributed by atoms with Gasteiger partial charge in [0, 0.05) is 24.7 Å². The molecule has 0 saturated carbocycles. The summed E-state index contributed by atoms with van der Waals surface area (Å²) in [5.74, 6) is -0.521. The molecule has 2 aliphatic rings. The van der Waals surface area contributed by atoms with Crippen LogP contribution >= 0.6 is 0 Å². The Morgan fingerprint density at radius 1 is 0.971 bits per heavy atom. The number of carbonyl (C=O) groups excluding carboxylic acids is 2. The maximum atomic E-state index is 13.3. The van der Waals surface area contributed by atoms with Crippen LogP contribution in [0, 0.1) is 0 Å². The van der Waals surface area contributed by atoms with E-state index in [0.717, 1.165) is 44.1 Å². The second-order valence-electron chi connectivity index (χ2n) is 8.91. The summed E-state index contributed by atoms with van der Waals surface area (Å²) >= 11 is 0. The van der Waals surface area contributed by atoms with E-state index in [1.807, 2.05) is 12.1 Å². The fraction of sp³-hybridized carbons (Fsp3) is 0.385. The first kappa shape index (κ1) is 24.2. The first-order valence-corrected chi connectivity index (χ1v) is 13.2. The van der Waals surface area contributed by atoms with Crippen molar-refractivity contribution in [3.63, 3.8) is 0 Å². The SMILES string of the molecule is C=CC(=O)NC1CCCCN(S(=O)(=O)c2ccc(C(=O)NC3CCCc4ccccc43)cc2)C1. The Hall–Kier alpha value is -2.97. The molecule has 7 nitrogen and oxygen atoms in total. The van der Waals surface area contributed by atoms with Crippen LogP contribution in [0.25, 0.3) is 0 Å². The Morgan fingerprint density at radius 3 is 2.50 bits per heavy atom. The number of carbonyl (C=O) groups is 2. The highest BCUT2D eigenvalue weighted by Crippen LogP contribution is 2.30. The summed E-state index contributed by atoms with van der Waals surface area (Å²) in [6.45, 7) is 4.07. The summed E-state index contributed by atoms with van der Waals surface area (Å²) in [5, 5.41) is 5.92. The summed E-state index contributed by atoms with van der Waals surface area (Å²) < 4.78 is 28.0. The van der Waals surface area contributed by atoms with Crippen LogP contribution < -0.4 is 10.6 Å². The Labute approximate surface area is 201 Å². The van der Waals surface area contributed by atoms with E-state index in [9.17, 15) is 18.0 Å². The number of amides is 2. The third-order valence-corrected chi connectivity index (χ3v) is 8.47. The van der Waals surface area contributed by atoms with E-state index in [4.69, 9.17) is 0 Å². The number of hydrogen-bond acceptors (Lipinski definition) is 4. The molecule has 2 N–H and O–H groups in total. The minimum Gasteiger partial charge on any atom is -0.349 e. The highest BCUT2D eigenvalue weighted by atomic mass is 32.2. The molecule has 0 spiro atoms. The van der Waals surface area contributed by atoms with Crippen molar-refractivity contribution in [2.75, 3.05) is 13.1 Å². The Bertz CT molecular complexity index is 1160. The van der Waals surface area contributed by atoms with E-state index >= 15 is 0 Å². The van der Waals surface area contributed by atoms with Crippen LogP contribution in [0.15, 0.2) is 66.1 Å². The molecule has 1 aliphatic heterocycles. The van der Waals surface area contributed by atoms with Gasteiger partial charge in [0.1, 0.15) is 0 Å². The zero-order chi connectivity index (χ0) is 24.1. The van der Waals surface area contributed by atoms with Crippen LogP contribution in [0.4, 0.5) is 0 Å². The summed E-state index contributed by atoms with van der Waals surface area (Å²) in [6, 6.07) is 14.0. The molecule has 2 aromatic carbocycles.